The number of benzene rings is 2. The fourth-order valence-electron chi connectivity index (χ4n) is 2.54. The number of ketones is 1. The number of nitrogens with one attached hydrogen (secondary N) is 1. The predicted molar refractivity (Wildman–Crippen MR) is 81.3 cm³/mol. The lowest BCUT2D eigenvalue weighted by Crippen LogP contribution is -2.02. The highest BCUT2D eigenvalue weighted by molar-refractivity contribution is 9.10. The van der Waals surface area contributed by atoms with Gasteiger partial charge in [-0.1, -0.05) is 28.1 Å². The maximum atomic E-state index is 11.7. The Labute approximate surface area is 121 Å². The van der Waals surface area contributed by atoms with Crippen molar-refractivity contribution in [1.29, 1.82) is 0 Å². The molecule has 0 aromatic heterocycles. The van der Waals surface area contributed by atoms with Gasteiger partial charge in [-0.2, -0.15) is 0 Å². The molecule has 2 aromatic rings. The van der Waals surface area contributed by atoms with Crippen LogP contribution in [-0.2, 0) is 12.8 Å². The Morgan fingerprint density at radius 2 is 1.95 bits per heavy atom. The number of aryl methyl sites for hydroxylation is 2. The molecular weight excluding hydrogens is 302 g/mol. The fourth-order valence-corrected chi connectivity index (χ4v) is 2.95. The number of hydrogen-bond acceptors (Lipinski definition) is 2. The summed E-state index contributed by atoms with van der Waals surface area (Å²) in [5.41, 5.74) is 5.32. The Balaban J connectivity index is 2.13. The number of hydrogen-bond donors (Lipinski definition) is 1. The van der Waals surface area contributed by atoms with E-state index in [1.54, 1.807) is 6.92 Å². The van der Waals surface area contributed by atoms with Crippen molar-refractivity contribution in [2.45, 2.75) is 19.8 Å². The predicted octanol–water partition coefficient (Wildman–Crippen LogP) is 4.49. The van der Waals surface area contributed by atoms with Crippen LogP contribution in [0.1, 0.15) is 28.4 Å². The maximum Gasteiger partial charge on any atom is 0.161 e. The summed E-state index contributed by atoms with van der Waals surface area (Å²) >= 11 is 3.51. The van der Waals surface area contributed by atoms with E-state index in [-0.39, 0.29) is 5.78 Å². The van der Waals surface area contributed by atoms with E-state index in [4.69, 9.17) is 0 Å². The van der Waals surface area contributed by atoms with E-state index < -0.39 is 0 Å². The van der Waals surface area contributed by atoms with Crippen LogP contribution in [0.15, 0.2) is 40.9 Å². The van der Waals surface area contributed by atoms with Crippen molar-refractivity contribution in [1.82, 2.24) is 0 Å². The average Bonchev–Trinajstić information content (AvgIpc) is 2.57. The normalized spacial score (nSPS) is 12.9. The quantitative estimate of drug-likeness (QED) is 0.785. The van der Waals surface area contributed by atoms with Crippen LogP contribution in [0.3, 0.4) is 0 Å². The molecule has 2 aromatic carbocycles. The molecule has 0 saturated carbocycles. The largest absolute Gasteiger partial charge is 0.354 e. The molecule has 19 heavy (non-hydrogen) atoms. The van der Waals surface area contributed by atoms with E-state index in [1.807, 2.05) is 18.2 Å². The molecule has 1 aliphatic rings. The van der Waals surface area contributed by atoms with E-state index in [0.717, 1.165) is 34.3 Å². The Morgan fingerprint density at radius 3 is 2.74 bits per heavy atom. The second-order valence-corrected chi connectivity index (χ2v) is 5.74. The van der Waals surface area contributed by atoms with Crippen molar-refractivity contribution >= 4 is 33.1 Å². The lowest BCUT2D eigenvalue weighted by atomic mass is 10.0. The smallest absolute Gasteiger partial charge is 0.161 e. The highest BCUT2D eigenvalue weighted by atomic mass is 79.9. The second kappa shape index (κ2) is 4.82. The van der Waals surface area contributed by atoms with Crippen LogP contribution in [0.4, 0.5) is 11.4 Å². The highest BCUT2D eigenvalue weighted by Crippen LogP contribution is 2.33. The van der Waals surface area contributed by atoms with Gasteiger partial charge in [0.2, 0.25) is 0 Å². The van der Waals surface area contributed by atoms with Gasteiger partial charge in [0, 0.05) is 15.7 Å². The Hall–Kier alpha value is -1.61. The number of Topliss-reactive ketones (excluding diaryl/α,β-unsaturated/α-hetero) is 1. The zero-order valence-electron chi connectivity index (χ0n) is 10.7. The summed E-state index contributed by atoms with van der Waals surface area (Å²) in [5.74, 6) is 0.102. The average molecular weight is 316 g/mol. The third kappa shape index (κ3) is 2.30. The Morgan fingerprint density at radius 1 is 1.16 bits per heavy atom. The molecule has 3 rings (SSSR count). The molecule has 96 valence electrons. The molecule has 0 amide bonds. The number of carbonyl (C=O) groups excluding carboxylic acids is 1. The van der Waals surface area contributed by atoms with Gasteiger partial charge < -0.3 is 5.32 Å². The number of anilines is 2. The van der Waals surface area contributed by atoms with Gasteiger partial charge in [-0.25, -0.2) is 0 Å². The molecule has 0 spiro atoms. The lowest BCUT2D eigenvalue weighted by Gasteiger charge is -2.13. The van der Waals surface area contributed by atoms with E-state index in [2.05, 4.69) is 39.4 Å². The van der Waals surface area contributed by atoms with E-state index in [1.165, 1.54) is 11.1 Å². The minimum atomic E-state index is 0.102. The summed E-state index contributed by atoms with van der Waals surface area (Å²) in [6.45, 7) is 1.62. The van der Waals surface area contributed by atoms with Crippen molar-refractivity contribution in [3.8, 4) is 0 Å². The highest BCUT2D eigenvalue weighted by Gasteiger charge is 2.17. The van der Waals surface area contributed by atoms with Gasteiger partial charge in [0.25, 0.3) is 0 Å². The van der Waals surface area contributed by atoms with Gasteiger partial charge in [-0.05, 0) is 55.2 Å². The molecule has 1 aliphatic heterocycles. The molecule has 0 bridgehead atoms. The van der Waals surface area contributed by atoms with Crippen molar-refractivity contribution in [2.24, 2.45) is 0 Å². The summed E-state index contributed by atoms with van der Waals surface area (Å²) in [5, 5.41) is 3.44. The third-order valence-corrected chi connectivity index (χ3v) is 4.01. The maximum absolute atomic E-state index is 11.7. The zero-order chi connectivity index (χ0) is 13.4. The first-order chi connectivity index (χ1) is 9.15. The van der Waals surface area contributed by atoms with Gasteiger partial charge in [0.15, 0.2) is 5.78 Å². The van der Waals surface area contributed by atoms with Crippen LogP contribution in [0.25, 0.3) is 0 Å². The van der Waals surface area contributed by atoms with E-state index in [9.17, 15) is 4.79 Å². The number of carbonyl (C=O) groups is 1. The summed E-state index contributed by atoms with van der Waals surface area (Å²) in [4.78, 5) is 11.7. The monoisotopic (exact) mass is 315 g/mol. The van der Waals surface area contributed by atoms with Crippen molar-refractivity contribution in [3.63, 3.8) is 0 Å². The van der Waals surface area contributed by atoms with Crippen molar-refractivity contribution in [2.75, 3.05) is 5.32 Å². The summed E-state index contributed by atoms with van der Waals surface area (Å²) in [6, 6.07) is 12.2. The molecule has 0 atom stereocenters. The van der Waals surface area contributed by atoms with Crippen LogP contribution < -0.4 is 5.32 Å². The van der Waals surface area contributed by atoms with E-state index >= 15 is 0 Å². The molecule has 0 radical (unpaired) electrons. The van der Waals surface area contributed by atoms with Crippen LogP contribution in [0.5, 0.6) is 0 Å². The summed E-state index contributed by atoms with van der Waals surface area (Å²) < 4.78 is 1.09. The van der Waals surface area contributed by atoms with Crippen molar-refractivity contribution in [3.05, 3.63) is 57.6 Å². The van der Waals surface area contributed by atoms with Crippen molar-refractivity contribution < 1.29 is 4.79 Å². The molecule has 2 nitrogen and oxygen atoms in total. The molecule has 0 fully saturated rings. The Bertz CT molecular complexity index is 664. The molecule has 0 saturated heterocycles. The van der Waals surface area contributed by atoms with Crippen LogP contribution in [0.2, 0.25) is 0 Å². The first-order valence-electron chi connectivity index (χ1n) is 6.33. The molecule has 1 heterocycles. The van der Waals surface area contributed by atoms with Crippen LogP contribution in [0, 0.1) is 0 Å². The zero-order valence-corrected chi connectivity index (χ0v) is 12.3. The second-order valence-electron chi connectivity index (χ2n) is 4.82. The first-order valence-corrected chi connectivity index (χ1v) is 7.13. The third-order valence-electron chi connectivity index (χ3n) is 3.52. The van der Waals surface area contributed by atoms with E-state index in [0.29, 0.717) is 0 Å². The Kier molecular flexibility index (Phi) is 3.15. The first kappa shape index (κ1) is 12.4. The minimum absolute atomic E-state index is 0.102. The van der Waals surface area contributed by atoms with Crippen LogP contribution >= 0.6 is 15.9 Å². The summed E-state index contributed by atoms with van der Waals surface area (Å²) in [6.07, 6.45) is 1.93. The molecule has 0 aliphatic carbocycles. The number of para-hydroxylation sites is 1. The van der Waals surface area contributed by atoms with Gasteiger partial charge in [0.1, 0.15) is 0 Å². The molecule has 3 heteroatoms. The number of fused-ring (bicyclic) bond motifs is 2. The van der Waals surface area contributed by atoms with Gasteiger partial charge in [-0.15, -0.1) is 0 Å². The summed E-state index contributed by atoms with van der Waals surface area (Å²) in [7, 11) is 0. The molecule has 0 unspecified atom stereocenters. The number of halogens is 1. The molecular formula is C16H14BrNO. The van der Waals surface area contributed by atoms with Gasteiger partial charge >= 0.3 is 0 Å². The number of rotatable bonds is 1. The topological polar surface area (TPSA) is 29.1 Å². The minimum Gasteiger partial charge on any atom is -0.354 e. The van der Waals surface area contributed by atoms with Gasteiger partial charge in [0.05, 0.1) is 5.69 Å². The van der Waals surface area contributed by atoms with Gasteiger partial charge in [-0.3, -0.25) is 4.79 Å². The fraction of sp³-hybridized carbons (Fsp3) is 0.188. The van der Waals surface area contributed by atoms with Crippen LogP contribution in [-0.4, -0.2) is 5.78 Å². The lowest BCUT2D eigenvalue weighted by molar-refractivity contribution is 0.101. The standard InChI is InChI=1S/C16H14BrNO/c1-10(19)14-4-2-3-11-5-6-12-9-13(17)7-8-15(12)18-16(11)14/h2-4,7-9,18H,5-6H2,1H3. The SMILES string of the molecule is CC(=O)c1cccc2c1Nc1ccc(Br)cc1CC2. The molecule has 1 N–H and O–H groups in total.